The zero-order valence-electron chi connectivity index (χ0n) is 10.9. The van der Waals surface area contributed by atoms with E-state index >= 15 is 0 Å². The summed E-state index contributed by atoms with van der Waals surface area (Å²) in [7, 11) is 0. The first kappa shape index (κ1) is 13.1. The molecule has 0 amide bonds. The van der Waals surface area contributed by atoms with E-state index in [4.69, 9.17) is 4.74 Å². The van der Waals surface area contributed by atoms with Crippen molar-refractivity contribution in [1.82, 2.24) is 0 Å². The molecule has 2 nitrogen and oxygen atoms in total. The summed E-state index contributed by atoms with van der Waals surface area (Å²) in [5.41, 5.74) is 3.16. The lowest BCUT2D eigenvalue weighted by Gasteiger charge is -2.10. The van der Waals surface area contributed by atoms with Crippen molar-refractivity contribution in [2.24, 2.45) is 0 Å². The number of hydrogen-bond donors (Lipinski definition) is 0. The molecule has 0 atom stereocenters. The van der Waals surface area contributed by atoms with Crippen LogP contribution in [0.1, 0.15) is 16.7 Å². The molecule has 0 spiro atoms. The highest BCUT2D eigenvalue weighted by molar-refractivity contribution is 5.75. The fraction of sp³-hybridized carbons (Fsp3) is 0.118. The van der Waals surface area contributed by atoms with Crippen LogP contribution in [-0.2, 0) is 11.4 Å². The summed E-state index contributed by atoms with van der Waals surface area (Å²) in [6.07, 6.45) is 3.99. The van der Waals surface area contributed by atoms with Gasteiger partial charge in [0.05, 0.1) is 0 Å². The normalized spacial score (nSPS) is 10.6. The molecule has 2 heteroatoms. The first-order valence-corrected chi connectivity index (χ1v) is 6.19. The van der Waals surface area contributed by atoms with Crippen LogP contribution in [-0.4, -0.2) is 6.29 Å². The molecule has 0 saturated carbocycles. The summed E-state index contributed by atoms with van der Waals surface area (Å²) in [6.45, 7) is 2.54. The van der Waals surface area contributed by atoms with Crippen LogP contribution in [0.5, 0.6) is 5.75 Å². The number of aryl methyl sites for hydroxylation is 1. The summed E-state index contributed by atoms with van der Waals surface area (Å²) < 4.78 is 5.83. The van der Waals surface area contributed by atoms with Gasteiger partial charge in [0.15, 0.2) is 0 Å². The van der Waals surface area contributed by atoms with Gasteiger partial charge in [-0.25, -0.2) is 0 Å². The Morgan fingerprint density at radius 3 is 2.63 bits per heavy atom. The molecule has 0 bridgehead atoms. The van der Waals surface area contributed by atoms with Crippen molar-refractivity contribution in [3.63, 3.8) is 0 Å². The molecule has 0 radical (unpaired) electrons. The van der Waals surface area contributed by atoms with Gasteiger partial charge < -0.3 is 4.74 Å². The zero-order valence-corrected chi connectivity index (χ0v) is 10.9. The first-order valence-electron chi connectivity index (χ1n) is 6.19. The fourth-order valence-corrected chi connectivity index (χ4v) is 1.78. The van der Waals surface area contributed by atoms with E-state index in [9.17, 15) is 4.79 Å². The Morgan fingerprint density at radius 2 is 1.89 bits per heavy atom. The molecule has 2 aromatic rings. The van der Waals surface area contributed by atoms with Gasteiger partial charge in [-0.2, -0.15) is 0 Å². The van der Waals surface area contributed by atoms with Gasteiger partial charge in [-0.15, -0.1) is 0 Å². The van der Waals surface area contributed by atoms with Crippen LogP contribution in [0.25, 0.3) is 6.08 Å². The molecule has 19 heavy (non-hydrogen) atoms. The largest absolute Gasteiger partial charge is 0.488 e. The van der Waals surface area contributed by atoms with E-state index in [-0.39, 0.29) is 0 Å². The van der Waals surface area contributed by atoms with Gasteiger partial charge in [0, 0.05) is 5.56 Å². The van der Waals surface area contributed by atoms with Crippen molar-refractivity contribution in [2.45, 2.75) is 13.5 Å². The van der Waals surface area contributed by atoms with Gasteiger partial charge in [-0.1, -0.05) is 42.5 Å². The van der Waals surface area contributed by atoms with Gasteiger partial charge in [0.1, 0.15) is 18.6 Å². The number of carbonyl (C=O) groups is 1. The lowest BCUT2D eigenvalue weighted by molar-refractivity contribution is -0.104. The SMILES string of the molecule is Cc1ccc(/C=C/C=O)c(OCc2ccccc2)c1. The second kappa shape index (κ2) is 6.55. The highest BCUT2D eigenvalue weighted by atomic mass is 16.5. The maximum Gasteiger partial charge on any atom is 0.142 e. The smallest absolute Gasteiger partial charge is 0.142 e. The van der Waals surface area contributed by atoms with Crippen LogP contribution in [0.4, 0.5) is 0 Å². The molecule has 0 fully saturated rings. The highest BCUT2D eigenvalue weighted by Crippen LogP contribution is 2.22. The van der Waals surface area contributed by atoms with Crippen molar-refractivity contribution in [3.05, 3.63) is 71.3 Å². The van der Waals surface area contributed by atoms with Gasteiger partial charge in [-0.3, -0.25) is 4.79 Å². The topological polar surface area (TPSA) is 26.3 Å². The van der Waals surface area contributed by atoms with E-state index in [1.807, 2.05) is 55.5 Å². The van der Waals surface area contributed by atoms with Gasteiger partial charge >= 0.3 is 0 Å². The van der Waals surface area contributed by atoms with Gasteiger partial charge in [0.25, 0.3) is 0 Å². The molecule has 0 aromatic heterocycles. The molecule has 2 aromatic carbocycles. The maximum atomic E-state index is 10.4. The zero-order chi connectivity index (χ0) is 13.5. The number of hydrogen-bond acceptors (Lipinski definition) is 2. The Hall–Kier alpha value is -2.35. The van der Waals surface area contributed by atoms with E-state index in [0.29, 0.717) is 6.61 Å². The summed E-state index contributed by atoms with van der Waals surface area (Å²) in [5.74, 6) is 0.793. The Kier molecular flexibility index (Phi) is 4.51. The minimum atomic E-state index is 0.520. The van der Waals surface area contributed by atoms with E-state index in [2.05, 4.69) is 0 Å². The number of aldehydes is 1. The summed E-state index contributed by atoms with van der Waals surface area (Å²) in [4.78, 5) is 10.4. The lowest BCUT2D eigenvalue weighted by atomic mass is 10.1. The van der Waals surface area contributed by atoms with Crippen LogP contribution in [0, 0.1) is 6.92 Å². The molecule has 96 valence electrons. The predicted molar refractivity (Wildman–Crippen MR) is 77.1 cm³/mol. The summed E-state index contributed by atoms with van der Waals surface area (Å²) in [6, 6.07) is 15.9. The molecule has 0 heterocycles. The first-order chi connectivity index (χ1) is 9.29. The number of rotatable bonds is 5. The van der Waals surface area contributed by atoms with Crippen molar-refractivity contribution in [2.75, 3.05) is 0 Å². The number of carbonyl (C=O) groups excluding carboxylic acids is 1. The fourth-order valence-electron chi connectivity index (χ4n) is 1.78. The molecule has 0 aliphatic carbocycles. The van der Waals surface area contributed by atoms with Crippen LogP contribution in [0.2, 0.25) is 0 Å². The third-order valence-corrected chi connectivity index (χ3v) is 2.76. The number of benzene rings is 2. The molecular formula is C17H16O2. The third kappa shape index (κ3) is 3.81. The predicted octanol–water partition coefficient (Wildman–Crippen LogP) is 3.79. The Morgan fingerprint density at radius 1 is 1.11 bits per heavy atom. The summed E-state index contributed by atoms with van der Waals surface area (Å²) >= 11 is 0. The number of ether oxygens (including phenoxy) is 1. The molecule has 0 N–H and O–H groups in total. The Labute approximate surface area is 113 Å². The van der Waals surface area contributed by atoms with Crippen molar-refractivity contribution in [3.8, 4) is 5.75 Å². The summed E-state index contributed by atoms with van der Waals surface area (Å²) in [5, 5.41) is 0. The van der Waals surface area contributed by atoms with Gasteiger partial charge in [0.2, 0.25) is 0 Å². The van der Waals surface area contributed by atoms with Crippen LogP contribution >= 0.6 is 0 Å². The molecule has 2 rings (SSSR count). The third-order valence-electron chi connectivity index (χ3n) is 2.76. The van der Waals surface area contributed by atoms with Crippen molar-refractivity contribution >= 4 is 12.4 Å². The quantitative estimate of drug-likeness (QED) is 0.598. The minimum absolute atomic E-state index is 0.520. The molecule has 0 aliphatic rings. The van der Waals surface area contributed by atoms with Crippen LogP contribution in [0.3, 0.4) is 0 Å². The van der Waals surface area contributed by atoms with Crippen molar-refractivity contribution in [1.29, 1.82) is 0 Å². The average molecular weight is 252 g/mol. The van der Waals surface area contributed by atoms with E-state index in [1.54, 1.807) is 6.08 Å². The lowest BCUT2D eigenvalue weighted by Crippen LogP contribution is -1.97. The Balaban J connectivity index is 2.16. The van der Waals surface area contributed by atoms with E-state index in [0.717, 1.165) is 28.7 Å². The monoisotopic (exact) mass is 252 g/mol. The molecule has 0 aliphatic heterocycles. The average Bonchev–Trinajstić information content (AvgIpc) is 2.45. The van der Waals surface area contributed by atoms with Crippen LogP contribution in [0.15, 0.2) is 54.6 Å². The highest BCUT2D eigenvalue weighted by Gasteiger charge is 2.02. The van der Waals surface area contributed by atoms with E-state index in [1.165, 1.54) is 6.08 Å². The second-order valence-corrected chi connectivity index (χ2v) is 4.31. The van der Waals surface area contributed by atoms with E-state index < -0.39 is 0 Å². The maximum absolute atomic E-state index is 10.4. The van der Waals surface area contributed by atoms with Gasteiger partial charge in [-0.05, 0) is 36.3 Å². The number of allylic oxidation sites excluding steroid dienone is 1. The van der Waals surface area contributed by atoms with Crippen molar-refractivity contribution < 1.29 is 9.53 Å². The molecule has 0 unspecified atom stereocenters. The molecule has 0 saturated heterocycles. The second-order valence-electron chi connectivity index (χ2n) is 4.31. The standard InChI is InChI=1S/C17H16O2/c1-14-9-10-16(8-5-11-18)17(12-14)19-13-15-6-3-2-4-7-15/h2-12H,13H2,1H3/b8-5+. The molecular weight excluding hydrogens is 236 g/mol. The van der Waals surface area contributed by atoms with Crippen LogP contribution < -0.4 is 4.74 Å². The minimum Gasteiger partial charge on any atom is -0.488 e. The Bertz CT molecular complexity index is 571.